The topological polar surface area (TPSA) is 57.7 Å². The lowest BCUT2D eigenvalue weighted by molar-refractivity contribution is 0.0535. The molecule has 2 aliphatic heterocycles. The van der Waals surface area contributed by atoms with Crippen LogP contribution < -0.4 is 10.1 Å². The van der Waals surface area contributed by atoms with E-state index in [1.165, 1.54) is 0 Å². The molecule has 0 aromatic carbocycles. The number of hydrogen-bond acceptors (Lipinski definition) is 4. The first-order valence-corrected chi connectivity index (χ1v) is 9.59. The molecule has 0 atom stereocenters. The summed E-state index contributed by atoms with van der Waals surface area (Å²) in [5, 5.41) is 2.98. The van der Waals surface area contributed by atoms with Crippen molar-refractivity contribution in [1.29, 1.82) is 0 Å². The monoisotopic (exact) mass is 346 g/mol. The molecule has 0 unspecified atom stereocenters. The zero-order chi connectivity index (χ0) is 17.5. The van der Waals surface area contributed by atoms with Gasteiger partial charge >= 0.3 is 6.03 Å². The minimum Gasteiger partial charge on any atom is -0.490 e. The van der Waals surface area contributed by atoms with Gasteiger partial charge in [0.2, 0.25) is 0 Å². The van der Waals surface area contributed by atoms with Crippen molar-refractivity contribution in [3.05, 3.63) is 24.5 Å². The molecule has 2 aliphatic rings. The van der Waals surface area contributed by atoms with Crippen molar-refractivity contribution in [1.82, 2.24) is 20.1 Å². The van der Waals surface area contributed by atoms with E-state index >= 15 is 0 Å². The van der Waals surface area contributed by atoms with Gasteiger partial charge in [0, 0.05) is 51.2 Å². The van der Waals surface area contributed by atoms with Gasteiger partial charge in [-0.1, -0.05) is 6.92 Å². The molecule has 1 aromatic heterocycles. The Labute approximate surface area is 150 Å². The second-order valence-corrected chi connectivity index (χ2v) is 6.99. The van der Waals surface area contributed by atoms with Crippen LogP contribution >= 0.6 is 0 Å². The summed E-state index contributed by atoms with van der Waals surface area (Å²) in [4.78, 5) is 20.6. The first-order valence-electron chi connectivity index (χ1n) is 9.59. The molecule has 25 heavy (non-hydrogen) atoms. The lowest BCUT2D eigenvalue weighted by Crippen LogP contribution is -2.51. The van der Waals surface area contributed by atoms with Gasteiger partial charge in [-0.15, -0.1) is 0 Å². The number of nitrogens with zero attached hydrogens (tertiary/aromatic N) is 3. The Morgan fingerprint density at radius 2 is 1.84 bits per heavy atom. The van der Waals surface area contributed by atoms with Crippen molar-refractivity contribution < 1.29 is 9.53 Å². The van der Waals surface area contributed by atoms with Gasteiger partial charge in [0.25, 0.3) is 0 Å². The third-order valence-corrected chi connectivity index (χ3v) is 5.22. The molecule has 6 heteroatoms. The van der Waals surface area contributed by atoms with E-state index in [9.17, 15) is 4.79 Å². The molecule has 1 N–H and O–H groups in total. The summed E-state index contributed by atoms with van der Waals surface area (Å²) in [6.45, 7) is 6.75. The smallest absolute Gasteiger partial charge is 0.317 e. The maximum atomic E-state index is 12.0. The molecule has 0 spiro atoms. The van der Waals surface area contributed by atoms with Crippen molar-refractivity contribution in [3.63, 3.8) is 0 Å². The fourth-order valence-electron chi connectivity index (χ4n) is 3.75. The molecule has 3 rings (SSSR count). The summed E-state index contributed by atoms with van der Waals surface area (Å²) in [5.41, 5.74) is 0. The van der Waals surface area contributed by atoms with E-state index in [0.29, 0.717) is 12.1 Å². The van der Waals surface area contributed by atoms with Crippen LogP contribution in [0.1, 0.15) is 39.0 Å². The third-order valence-electron chi connectivity index (χ3n) is 5.22. The Morgan fingerprint density at radius 1 is 1.16 bits per heavy atom. The number of pyridine rings is 1. The molecule has 138 valence electrons. The maximum Gasteiger partial charge on any atom is 0.317 e. The summed E-state index contributed by atoms with van der Waals surface area (Å²) in [6, 6.07) is 4.55. The third kappa shape index (κ3) is 5.08. The van der Waals surface area contributed by atoms with E-state index in [0.717, 1.165) is 70.6 Å². The van der Waals surface area contributed by atoms with Crippen molar-refractivity contribution in [3.8, 4) is 5.75 Å². The van der Waals surface area contributed by atoms with Gasteiger partial charge in [-0.3, -0.25) is 9.88 Å². The number of amides is 2. The zero-order valence-corrected chi connectivity index (χ0v) is 15.2. The van der Waals surface area contributed by atoms with E-state index in [4.69, 9.17) is 4.74 Å². The zero-order valence-electron chi connectivity index (χ0n) is 15.2. The Balaban J connectivity index is 1.38. The summed E-state index contributed by atoms with van der Waals surface area (Å²) in [5.74, 6) is 0.917. The Hall–Kier alpha value is -1.82. The predicted octanol–water partition coefficient (Wildman–Crippen LogP) is 2.51. The first kappa shape index (κ1) is 18.0. The van der Waals surface area contributed by atoms with Crippen LogP contribution in [0.4, 0.5) is 4.79 Å². The molecular weight excluding hydrogens is 316 g/mol. The molecule has 3 heterocycles. The normalized spacial score (nSPS) is 20.4. The van der Waals surface area contributed by atoms with Crippen LogP contribution in [0.3, 0.4) is 0 Å². The predicted molar refractivity (Wildman–Crippen MR) is 97.7 cm³/mol. The molecule has 6 nitrogen and oxygen atoms in total. The number of urea groups is 1. The van der Waals surface area contributed by atoms with Crippen LogP contribution in [-0.2, 0) is 0 Å². The summed E-state index contributed by atoms with van der Waals surface area (Å²) < 4.78 is 6.05. The van der Waals surface area contributed by atoms with Crippen molar-refractivity contribution in [2.45, 2.75) is 51.2 Å². The van der Waals surface area contributed by atoms with Gasteiger partial charge in [-0.25, -0.2) is 4.79 Å². The highest BCUT2D eigenvalue weighted by Crippen LogP contribution is 2.23. The first-order chi connectivity index (χ1) is 12.3. The fourth-order valence-corrected chi connectivity index (χ4v) is 3.75. The SMILES string of the molecule is CCCNC(=O)N1CCC(N2CCC(Oc3ccncc3)CC2)CC1. The van der Waals surface area contributed by atoms with Gasteiger partial charge in [-0.2, -0.15) is 0 Å². The average Bonchev–Trinajstić information content (AvgIpc) is 2.68. The summed E-state index contributed by atoms with van der Waals surface area (Å²) in [6.07, 6.45) is 9.13. The quantitative estimate of drug-likeness (QED) is 0.890. The molecular formula is C19H30N4O2. The average molecular weight is 346 g/mol. The minimum atomic E-state index is 0.102. The van der Waals surface area contributed by atoms with E-state index in [1.807, 2.05) is 17.0 Å². The molecule has 0 radical (unpaired) electrons. The van der Waals surface area contributed by atoms with Crippen molar-refractivity contribution >= 4 is 6.03 Å². The molecule has 0 aliphatic carbocycles. The highest BCUT2D eigenvalue weighted by molar-refractivity contribution is 5.74. The standard InChI is InChI=1S/C19H30N4O2/c1-2-9-21-19(24)23-12-5-16(6-13-23)22-14-7-18(8-15-22)25-17-3-10-20-11-4-17/h3-4,10-11,16,18H,2,5-9,12-15H2,1H3,(H,21,24). The largest absolute Gasteiger partial charge is 0.490 e. The van der Waals surface area contributed by atoms with Crippen molar-refractivity contribution in [2.24, 2.45) is 0 Å². The molecule has 2 fully saturated rings. The second-order valence-electron chi connectivity index (χ2n) is 6.99. The number of hydrogen-bond donors (Lipinski definition) is 1. The van der Waals surface area contributed by atoms with E-state index in [1.54, 1.807) is 12.4 Å². The van der Waals surface area contributed by atoms with E-state index in [2.05, 4.69) is 22.1 Å². The van der Waals surface area contributed by atoms with Gasteiger partial charge in [0.1, 0.15) is 11.9 Å². The molecule has 1 aromatic rings. The number of piperidine rings is 2. The van der Waals surface area contributed by atoms with Crippen LogP contribution in [0, 0.1) is 0 Å². The van der Waals surface area contributed by atoms with Gasteiger partial charge < -0.3 is 15.0 Å². The highest BCUT2D eigenvalue weighted by atomic mass is 16.5. The molecule has 0 saturated carbocycles. The summed E-state index contributed by atoms with van der Waals surface area (Å²) in [7, 11) is 0. The Morgan fingerprint density at radius 3 is 2.48 bits per heavy atom. The van der Waals surface area contributed by atoms with Gasteiger partial charge in [0.15, 0.2) is 0 Å². The number of likely N-dealkylation sites (tertiary alicyclic amines) is 2. The highest BCUT2D eigenvalue weighted by Gasteiger charge is 2.30. The van der Waals surface area contributed by atoms with Crippen LogP contribution in [0.5, 0.6) is 5.75 Å². The lowest BCUT2D eigenvalue weighted by Gasteiger charge is -2.41. The fraction of sp³-hybridized carbons (Fsp3) is 0.684. The van der Waals surface area contributed by atoms with E-state index in [-0.39, 0.29) is 6.03 Å². The number of carbonyl (C=O) groups excluding carboxylic acids is 1. The molecule has 0 bridgehead atoms. The number of carbonyl (C=O) groups is 1. The summed E-state index contributed by atoms with van der Waals surface area (Å²) >= 11 is 0. The maximum absolute atomic E-state index is 12.0. The van der Waals surface area contributed by atoms with Gasteiger partial charge in [0.05, 0.1) is 0 Å². The Bertz CT molecular complexity index is 523. The minimum absolute atomic E-state index is 0.102. The number of rotatable bonds is 5. The number of aromatic nitrogens is 1. The molecule has 2 saturated heterocycles. The lowest BCUT2D eigenvalue weighted by atomic mass is 9.99. The Kier molecular flexibility index (Phi) is 6.50. The van der Waals surface area contributed by atoms with Crippen LogP contribution in [0.15, 0.2) is 24.5 Å². The second kappa shape index (κ2) is 9.04. The van der Waals surface area contributed by atoms with E-state index < -0.39 is 0 Å². The van der Waals surface area contributed by atoms with Crippen LogP contribution in [0.25, 0.3) is 0 Å². The van der Waals surface area contributed by atoms with Crippen LogP contribution in [0.2, 0.25) is 0 Å². The van der Waals surface area contributed by atoms with Crippen LogP contribution in [-0.4, -0.2) is 65.7 Å². The number of nitrogens with one attached hydrogen (secondary N) is 1. The number of ether oxygens (including phenoxy) is 1. The van der Waals surface area contributed by atoms with Gasteiger partial charge in [-0.05, 0) is 44.2 Å². The van der Waals surface area contributed by atoms with Crippen molar-refractivity contribution in [2.75, 3.05) is 32.7 Å². The molecule has 2 amide bonds.